The third kappa shape index (κ3) is 2.30. The number of anilines is 1. The van der Waals surface area contributed by atoms with Crippen LogP contribution in [0.2, 0.25) is 0 Å². The van der Waals surface area contributed by atoms with E-state index in [-0.39, 0.29) is 0 Å². The Bertz CT molecular complexity index is 275. The molecule has 1 saturated heterocycles. The molecule has 0 spiro atoms. The highest BCUT2D eigenvalue weighted by atomic mass is 79.9. The lowest BCUT2D eigenvalue weighted by Gasteiger charge is -2.28. The molecule has 2 rings (SSSR count). The van der Waals surface area contributed by atoms with E-state index in [1.165, 1.54) is 43.6 Å². The fourth-order valence-corrected chi connectivity index (χ4v) is 2.32. The minimum absolute atomic E-state index is 0.952. The number of halogens is 1. The summed E-state index contributed by atoms with van der Waals surface area (Å²) in [7, 11) is 0. The first-order valence-corrected chi connectivity index (χ1v) is 6.42. The van der Waals surface area contributed by atoms with Crippen LogP contribution in [-0.2, 0) is 5.33 Å². The first-order valence-electron chi connectivity index (χ1n) is 5.30. The van der Waals surface area contributed by atoms with Crippen molar-refractivity contribution in [2.75, 3.05) is 18.0 Å². The molecule has 0 radical (unpaired) electrons. The molecule has 1 aromatic rings. The second-order valence-electron chi connectivity index (χ2n) is 3.85. The van der Waals surface area contributed by atoms with Crippen molar-refractivity contribution in [3.63, 3.8) is 0 Å². The van der Waals surface area contributed by atoms with Gasteiger partial charge in [-0.15, -0.1) is 0 Å². The van der Waals surface area contributed by atoms with Gasteiger partial charge < -0.3 is 4.90 Å². The Morgan fingerprint density at radius 3 is 2.21 bits per heavy atom. The van der Waals surface area contributed by atoms with Crippen LogP contribution in [0, 0.1) is 0 Å². The highest BCUT2D eigenvalue weighted by molar-refractivity contribution is 9.08. The van der Waals surface area contributed by atoms with E-state index < -0.39 is 0 Å². The number of nitrogens with zero attached hydrogens (tertiary/aromatic N) is 1. The molecule has 1 nitrogen and oxygen atoms in total. The lowest BCUT2D eigenvalue weighted by Crippen LogP contribution is -2.29. The molecule has 0 atom stereocenters. The molecule has 2 heteroatoms. The molecule has 1 aromatic carbocycles. The van der Waals surface area contributed by atoms with Crippen LogP contribution in [-0.4, -0.2) is 13.1 Å². The van der Waals surface area contributed by atoms with Crippen LogP contribution in [0.4, 0.5) is 5.69 Å². The van der Waals surface area contributed by atoms with E-state index in [9.17, 15) is 0 Å². The molecule has 0 saturated carbocycles. The lowest BCUT2D eigenvalue weighted by atomic mass is 10.1. The third-order valence-corrected chi connectivity index (χ3v) is 3.46. The van der Waals surface area contributed by atoms with Gasteiger partial charge >= 0.3 is 0 Å². The monoisotopic (exact) mass is 253 g/mol. The minimum atomic E-state index is 0.952. The van der Waals surface area contributed by atoms with Crippen molar-refractivity contribution >= 4 is 21.6 Å². The van der Waals surface area contributed by atoms with E-state index in [0.717, 1.165) is 5.33 Å². The maximum absolute atomic E-state index is 3.46. The highest BCUT2D eigenvalue weighted by Crippen LogP contribution is 2.20. The summed E-state index contributed by atoms with van der Waals surface area (Å²) in [6, 6.07) is 8.89. The predicted octanol–water partition coefficient (Wildman–Crippen LogP) is 3.57. The number of hydrogen-bond donors (Lipinski definition) is 0. The van der Waals surface area contributed by atoms with Crippen LogP contribution in [0.5, 0.6) is 0 Å². The van der Waals surface area contributed by atoms with Crippen molar-refractivity contribution in [3.05, 3.63) is 29.8 Å². The van der Waals surface area contributed by atoms with Gasteiger partial charge in [0.05, 0.1) is 0 Å². The SMILES string of the molecule is BrCc1ccc(N2CCCCC2)cc1. The highest BCUT2D eigenvalue weighted by Gasteiger charge is 2.09. The van der Waals surface area contributed by atoms with Crippen molar-refractivity contribution < 1.29 is 0 Å². The molecule has 14 heavy (non-hydrogen) atoms. The van der Waals surface area contributed by atoms with Gasteiger partial charge in [-0.05, 0) is 37.0 Å². The van der Waals surface area contributed by atoms with Gasteiger partial charge in [0, 0.05) is 24.1 Å². The first kappa shape index (κ1) is 10.0. The second-order valence-corrected chi connectivity index (χ2v) is 4.41. The smallest absolute Gasteiger partial charge is 0.0366 e. The molecule has 0 N–H and O–H groups in total. The van der Waals surface area contributed by atoms with E-state index >= 15 is 0 Å². The molecular weight excluding hydrogens is 238 g/mol. The Hall–Kier alpha value is -0.500. The summed E-state index contributed by atoms with van der Waals surface area (Å²) in [4.78, 5) is 2.49. The number of hydrogen-bond acceptors (Lipinski definition) is 1. The Balaban J connectivity index is 2.07. The summed E-state index contributed by atoms with van der Waals surface area (Å²) < 4.78 is 0. The fraction of sp³-hybridized carbons (Fsp3) is 0.500. The van der Waals surface area contributed by atoms with Gasteiger partial charge in [0.15, 0.2) is 0 Å². The van der Waals surface area contributed by atoms with Crippen molar-refractivity contribution in [2.45, 2.75) is 24.6 Å². The van der Waals surface area contributed by atoms with Gasteiger partial charge in [-0.2, -0.15) is 0 Å². The van der Waals surface area contributed by atoms with Crippen LogP contribution in [0.15, 0.2) is 24.3 Å². The molecule has 0 aromatic heterocycles. The summed E-state index contributed by atoms with van der Waals surface area (Å²) in [5.41, 5.74) is 2.74. The van der Waals surface area contributed by atoms with Gasteiger partial charge in [-0.25, -0.2) is 0 Å². The molecular formula is C12H16BrN. The zero-order valence-corrected chi connectivity index (χ0v) is 9.96. The standard InChI is InChI=1S/C12H16BrN/c13-10-11-4-6-12(7-5-11)14-8-2-1-3-9-14/h4-7H,1-3,8-10H2. The van der Waals surface area contributed by atoms with Crippen molar-refractivity contribution in [1.82, 2.24) is 0 Å². The van der Waals surface area contributed by atoms with Crippen LogP contribution in [0.3, 0.4) is 0 Å². The second kappa shape index (κ2) is 4.83. The van der Waals surface area contributed by atoms with Crippen LogP contribution >= 0.6 is 15.9 Å². The summed E-state index contributed by atoms with van der Waals surface area (Å²) in [6.45, 7) is 2.46. The maximum Gasteiger partial charge on any atom is 0.0366 e. The Morgan fingerprint density at radius 1 is 1.00 bits per heavy atom. The zero-order valence-electron chi connectivity index (χ0n) is 8.38. The van der Waals surface area contributed by atoms with E-state index in [1.54, 1.807) is 0 Å². The summed E-state index contributed by atoms with van der Waals surface area (Å²) in [6.07, 6.45) is 4.09. The largest absolute Gasteiger partial charge is 0.372 e. The zero-order chi connectivity index (χ0) is 9.80. The summed E-state index contributed by atoms with van der Waals surface area (Å²) in [5.74, 6) is 0. The molecule has 1 fully saturated rings. The molecule has 76 valence electrons. The topological polar surface area (TPSA) is 3.24 Å². The Kier molecular flexibility index (Phi) is 3.46. The maximum atomic E-state index is 3.46. The summed E-state index contributed by atoms with van der Waals surface area (Å²) in [5, 5.41) is 0.952. The number of alkyl halides is 1. The molecule has 1 aliphatic heterocycles. The van der Waals surface area contributed by atoms with E-state index in [1.807, 2.05) is 0 Å². The van der Waals surface area contributed by atoms with Crippen molar-refractivity contribution in [2.24, 2.45) is 0 Å². The van der Waals surface area contributed by atoms with Gasteiger partial charge in [0.2, 0.25) is 0 Å². The van der Waals surface area contributed by atoms with Crippen molar-refractivity contribution in [1.29, 1.82) is 0 Å². The molecule has 0 aliphatic carbocycles. The van der Waals surface area contributed by atoms with Gasteiger partial charge in [-0.3, -0.25) is 0 Å². The van der Waals surface area contributed by atoms with Gasteiger partial charge in [0.1, 0.15) is 0 Å². The van der Waals surface area contributed by atoms with Crippen molar-refractivity contribution in [3.8, 4) is 0 Å². The van der Waals surface area contributed by atoms with Crippen LogP contribution in [0.1, 0.15) is 24.8 Å². The molecule has 1 heterocycles. The van der Waals surface area contributed by atoms with Crippen LogP contribution in [0.25, 0.3) is 0 Å². The normalized spacial score (nSPS) is 17.1. The number of benzene rings is 1. The Morgan fingerprint density at radius 2 is 1.64 bits per heavy atom. The van der Waals surface area contributed by atoms with E-state index in [4.69, 9.17) is 0 Å². The molecule has 0 bridgehead atoms. The first-order chi connectivity index (χ1) is 6.90. The average Bonchev–Trinajstić information content (AvgIpc) is 2.30. The van der Waals surface area contributed by atoms with E-state index in [0.29, 0.717) is 0 Å². The Labute approximate surface area is 94.2 Å². The quantitative estimate of drug-likeness (QED) is 0.729. The third-order valence-electron chi connectivity index (χ3n) is 2.81. The molecule has 0 unspecified atom stereocenters. The lowest BCUT2D eigenvalue weighted by molar-refractivity contribution is 0.578. The predicted molar refractivity (Wildman–Crippen MR) is 65.1 cm³/mol. The molecule has 1 aliphatic rings. The number of piperidine rings is 1. The average molecular weight is 254 g/mol. The van der Waals surface area contributed by atoms with Gasteiger partial charge in [0.25, 0.3) is 0 Å². The van der Waals surface area contributed by atoms with Crippen LogP contribution < -0.4 is 4.90 Å². The fourth-order valence-electron chi connectivity index (χ4n) is 1.95. The van der Waals surface area contributed by atoms with Gasteiger partial charge in [-0.1, -0.05) is 28.1 Å². The minimum Gasteiger partial charge on any atom is -0.372 e. The van der Waals surface area contributed by atoms with E-state index in [2.05, 4.69) is 45.1 Å². The number of rotatable bonds is 2. The summed E-state index contributed by atoms with van der Waals surface area (Å²) >= 11 is 3.46. The molecule has 0 amide bonds.